The van der Waals surface area contributed by atoms with Crippen molar-refractivity contribution in [1.29, 1.82) is 0 Å². The molecule has 2 N–H and O–H groups in total. The van der Waals surface area contributed by atoms with Crippen LogP contribution in [0.15, 0.2) is 53.4 Å². The van der Waals surface area contributed by atoms with Crippen molar-refractivity contribution in [2.75, 3.05) is 6.26 Å². The van der Waals surface area contributed by atoms with E-state index in [1.807, 2.05) is 36.4 Å². The first-order valence-corrected chi connectivity index (χ1v) is 9.65. The predicted molar refractivity (Wildman–Crippen MR) is 96.2 cm³/mol. The monoisotopic (exact) mass is 342 g/mol. The molecule has 0 saturated carbocycles. The lowest BCUT2D eigenvalue weighted by atomic mass is 10.0. The van der Waals surface area contributed by atoms with E-state index in [9.17, 15) is 9.00 Å². The molecule has 24 heavy (non-hydrogen) atoms. The Bertz CT molecular complexity index is 758. The third-order valence-corrected chi connectivity index (χ3v) is 5.43. The fraction of sp³-hybridized carbons (Fsp3) is 0.316. The first-order valence-electron chi connectivity index (χ1n) is 8.09. The molecule has 0 radical (unpaired) electrons. The summed E-state index contributed by atoms with van der Waals surface area (Å²) in [7, 11) is -0.978. The average Bonchev–Trinajstić information content (AvgIpc) is 2.89. The Labute approximate surface area is 145 Å². The van der Waals surface area contributed by atoms with Gasteiger partial charge in [0.1, 0.15) is 0 Å². The summed E-state index contributed by atoms with van der Waals surface area (Å²) < 4.78 is 11.4. The summed E-state index contributed by atoms with van der Waals surface area (Å²) in [4.78, 5) is 13.0. The zero-order chi connectivity index (χ0) is 17.1. The maximum atomic E-state index is 12.2. The summed E-state index contributed by atoms with van der Waals surface area (Å²) in [6.45, 7) is 2.61. The number of urea groups is 1. The molecule has 1 aliphatic carbocycles. The minimum atomic E-state index is -0.978. The van der Waals surface area contributed by atoms with E-state index in [2.05, 4.69) is 29.7 Å². The standard InChI is InChI=1S/C19H22N2O2S/c1-13-11-15-5-3-4-6-17(15)18(13)21-19(22)20-12-14-7-9-16(10-8-14)24(2)23/h3-10,13,18H,11-12H2,1-2H3,(H2,20,21,22). The highest BCUT2D eigenvalue weighted by molar-refractivity contribution is 7.84. The molecular weight excluding hydrogens is 320 g/mol. The Kier molecular flexibility index (Phi) is 5.00. The third kappa shape index (κ3) is 3.67. The number of fused-ring (bicyclic) bond motifs is 1. The van der Waals surface area contributed by atoms with E-state index < -0.39 is 10.8 Å². The zero-order valence-electron chi connectivity index (χ0n) is 13.9. The molecule has 0 bridgehead atoms. The molecule has 2 amide bonds. The molecule has 0 saturated heterocycles. The van der Waals surface area contributed by atoms with Crippen LogP contribution < -0.4 is 10.6 Å². The summed E-state index contributed by atoms with van der Waals surface area (Å²) in [6, 6.07) is 15.6. The molecule has 0 spiro atoms. The molecule has 0 fully saturated rings. The molecule has 0 aromatic heterocycles. The van der Waals surface area contributed by atoms with Crippen molar-refractivity contribution >= 4 is 16.8 Å². The van der Waals surface area contributed by atoms with E-state index in [0.717, 1.165) is 16.9 Å². The molecule has 3 rings (SSSR count). The van der Waals surface area contributed by atoms with E-state index in [0.29, 0.717) is 12.5 Å². The minimum absolute atomic E-state index is 0.0612. The SMILES string of the molecule is CC1Cc2ccccc2C1NC(=O)NCc1ccc(S(C)=O)cc1. The quantitative estimate of drug-likeness (QED) is 0.897. The molecule has 3 atom stereocenters. The van der Waals surface area contributed by atoms with Gasteiger partial charge >= 0.3 is 6.03 Å². The van der Waals surface area contributed by atoms with Gasteiger partial charge in [-0.25, -0.2) is 4.79 Å². The molecular formula is C19H22N2O2S. The Hall–Kier alpha value is -2.14. The average molecular weight is 342 g/mol. The predicted octanol–water partition coefficient (Wildman–Crippen LogP) is 3.16. The number of benzene rings is 2. The Morgan fingerprint density at radius 3 is 2.58 bits per heavy atom. The Morgan fingerprint density at radius 2 is 1.88 bits per heavy atom. The van der Waals surface area contributed by atoms with Gasteiger partial charge in [-0.15, -0.1) is 0 Å². The molecule has 2 aromatic carbocycles. The third-order valence-electron chi connectivity index (χ3n) is 4.50. The van der Waals surface area contributed by atoms with Crippen molar-refractivity contribution in [1.82, 2.24) is 10.6 Å². The lowest BCUT2D eigenvalue weighted by Gasteiger charge is -2.19. The molecule has 0 aliphatic heterocycles. The zero-order valence-corrected chi connectivity index (χ0v) is 14.7. The van der Waals surface area contributed by atoms with Crippen LogP contribution in [0, 0.1) is 5.92 Å². The maximum Gasteiger partial charge on any atom is 0.315 e. The lowest BCUT2D eigenvalue weighted by Crippen LogP contribution is -2.38. The van der Waals surface area contributed by atoms with Crippen molar-refractivity contribution in [2.24, 2.45) is 5.92 Å². The molecule has 2 aromatic rings. The van der Waals surface area contributed by atoms with Crippen LogP contribution >= 0.6 is 0 Å². The van der Waals surface area contributed by atoms with E-state index in [-0.39, 0.29) is 12.1 Å². The topological polar surface area (TPSA) is 58.2 Å². The van der Waals surface area contributed by atoms with E-state index >= 15 is 0 Å². The van der Waals surface area contributed by atoms with Crippen molar-refractivity contribution < 1.29 is 9.00 Å². The second kappa shape index (κ2) is 7.18. The molecule has 3 unspecified atom stereocenters. The number of carbonyl (C=O) groups is 1. The van der Waals surface area contributed by atoms with E-state index in [1.165, 1.54) is 11.1 Å². The van der Waals surface area contributed by atoms with Gasteiger partial charge in [0.2, 0.25) is 0 Å². The summed E-state index contributed by atoms with van der Waals surface area (Å²) in [5, 5.41) is 5.99. The highest BCUT2D eigenvalue weighted by atomic mass is 32.2. The molecule has 1 aliphatic rings. The van der Waals surface area contributed by atoms with Crippen LogP contribution in [-0.4, -0.2) is 16.5 Å². The van der Waals surface area contributed by atoms with Crippen LogP contribution in [-0.2, 0) is 23.8 Å². The first-order chi connectivity index (χ1) is 11.5. The highest BCUT2D eigenvalue weighted by Crippen LogP contribution is 2.35. The van der Waals surface area contributed by atoms with Gasteiger partial charge in [0, 0.05) is 28.5 Å². The summed E-state index contributed by atoms with van der Waals surface area (Å²) in [6.07, 6.45) is 2.65. The number of hydrogen-bond donors (Lipinski definition) is 2. The number of rotatable bonds is 4. The van der Waals surface area contributed by atoms with Gasteiger partial charge in [-0.05, 0) is 41.2 Å². The van der Waals surface area contributed by atoms with Crippen LogP contribution in [0.25, 0.3) is 0 Å². The second-order valence-electron chi connectivity index (χ2n) is 6.28. The van der Waals surface area contributed by atoms with Gasteiger partial charge < -0.3 is 10.6 Å². The number of carbonyl (C=O) groups excluding carboxylic acids is 1. The lowest BCUT2D eigenvalue weighted by molar-refractivity contribution is 0.233. The van der Waals surface area contributed by atoms with Gasteiger partial charge in [-0.3, -0.25) is 4.21 Å². The van der Waals surface area contributed by atoms with Gasteiger partial charge in [-0.1, -0.05) is 43.3 Å². The van der Waals surface area contributed by atoms with Gasteiger partial charge in [0.25, 0.3) is 0 Å². The second-order valence-corrected chi connectivity index (χ2v) is 7.66. The number of amides is 2. The van der Waals surface area contributed by atoms with E-state index in [1.54, 1.807) is 6.26 Å². The fourth-order valence-corrected chi connectivity index (χ4v) is 3.71. The summed E-state index contributed by atoms with van der Waals surface area (Å²) in [5.74, 6) is 0.395. The minimum Gasteiger partial charge on any atom is -0.334 e. The normalized spacial score (nSPS) is 20.2. The van der Waals surface area contributed by atoms with Crippen LogP contribution in [0.3, 0.4) is 0 Å². The highest BCUT2D eigenvalue weighted by Gasteiger charge is 2.29. The first kappa shape index (κ1) is 16.7. The number of hydrogen-bond acceptors (Lipinski definition) is 2. The fourth-order valence-electron chi connectivity index (χ4n) is 3.19. The Balaban J connectivity index is 1.57. The molecule has 0 heterocycles. The van der Waals surface area contributed by atoms with Crippen molar-refractivity contribution in [3.63, 3.8) is 0 Å². The largest absolute Gasteiger partial charge is 0.334 e. The van der Waals surface area contributed by atoms with Crippen LogP contribution in [0.2, 0.25) is 0 Å². The maximum absolute atomic E-state index is 12.2. The summed E-state index contributed by atoms with van der Waals surface area (Å²) in [5.41, 5.74) is 3.52. The van der Waals surface area contributed by atoms with Crippen LogP contribution in [0.5, 0.6) is 0 Å². The van der Waals surface area contributed by atoms with Gasteiger partial charge in [-0.2, -0.15) is 0 Å². The number of nitrogens with one attached hydrogen (secondary N) is 2. The Morgan fingerprint density at radius 1 is 1.17 bits per heavy atom. The molecule has 5 heteroatoms. The van der Waals surface area contributed by atoms with Crippen molar-refractivity contribution in [3.8, 4) is 0 Å². The van der Waals surface area contributed by atoms with Gasteiger partial charge in [0.15, 0.2) is 0 Å². The molecule has 4 nitrogen and oxygen atoms in total. The molecule has 126 valence electrons. The van der Waals surface area contributed by atoms with Crippen LogP contribution in [0.1, 0.15) is 29.7 Å². The van der Waals surface area contributed by atoms with E-state index in [4.69, 9.17) is 0 Å². The van der Waals surface area contributed by atoms with Gasteiger partial charge in [0.05, 0.1) is 6.04 Å². The smallest absolute Gasteiger partial charge is 0.315 e. The summed E-state index contributed by atoms with van der Waals surface area (Å²) >= 11 is 0. The van der Waals surface area contributed by atoms with Crippen molar-refractivity contribution in [3.05, 3.63) is 65.2 Å². The van der Waals surface area contributed by atoms with Crippen molar-refractivity contribution in [2.45, 2.75) is 30.8 Å². The van der Waals surface area contributed by atoms with Crippen LogP contribution in [0.4, 0.5) is 4.79 Å².